The quantitative estimate of drug-likeness (QED) is 0.425. The van der Waals surface area contributed by atoms with E-state index in [-0.39, 0.29) is 11.6 Å². The fraction of sp³-hybridized carbons (Fsp3) is 0.417. The summed E-state index contributed by atoms with van der Waals surface area (Å²) in [5.74, 6) is -2.13. The average molecular weight is 351 g/mol. The van der Waals surface area contributed by atoms with Crippen LogP contribution in [0.5, 0.6) is 0 Å². The van der Waals surface area contributed by atoms with Gasteiger partial charge in [0.1, 0.15) is 10.6 Å². The molecule has 1 nitrogen and oxygen atoms in total. The Balaban J connectivity index is 2.55. The summed E-state index contributed by atoms with van der Waals surface area (Å²) in [6.07, 6.45) is -9.59. The van der Waals surface area contributed by atoms with Gasteiger partial charge in [-0.2, -0.15) is 26.3 Å². The molecule has 0 bridgehead atoms. The number of aldehydes is 1. The Kier molecular flexibility index (Phi) is 3.73. The smallest absolute Gasteiger partial charge is 0.303 e. The number of alkyl halides is 8. The van der Waals surface area contributed by atoms with Crippen LogP contribution in [0.15, 0.2) is 18.2 Å². The predicted octanol–water partition coefficient (Wildman–Crippen LogP) is 4.81. The number of carbonyl (C=O) groups is 1. The van der Waals surface area contributed by atoms with Gasteiger partial charge in [-0.15, -0.1) is 23.2 Å². The molecule has 0 saturated heterocycles. The van der Waals surface area contributed by atoms with Gasteiger partial charge in [0, 0.05) is 5.92 Å². The molecular weight excluding hydrogens is 345 g/mol. The molecule has 0 radical (unpaired) electrons. The minimum atomic E-state index is -4.96. The van der Waals surface area contributed by atoms with Crippen molar-refractivity contribution in [1.29, 1.82) is 0 Å². The first kappa shape index (κ1) is 16.4. The van der Waals surface area contributed by atoms with Crippen molar-refractivity contribution in [2.45, 2.75) is 22.6 Å². The third-order valence-electron chi connectivity index (χ3n) is 3.22. The van der Waals surface area contributed by atoms with E-state index in [0.717, 1.165) is 0 Å². The molecule has 1 aliphatic rings. The number of hydrogen-bond acceptors (Lipinski definition) is 1. The summed E-state index contributed by atoms with van der Waals surface area (Å²) < 4.78 is 74.4. The molecule has 0 unspecified atom stereocenters. The third-order valence-corrected chi connectivity index (χ3v) is 4.20. The fourth-order valence-corrected chi connectivity index (χ4v) is 2.86. The highest BCUT2D eigenvalue weighted by Crippen LogP contribution is 2.64. The minimum absolute atomic E-state index is 0.00589. The van der Waals surface area contributed by atoms with Gasteiger partial charge in [-0.1, -0.05) is 0 Å². The highest BCUT2D eigenvalue weighted by molar-refractivity contribution is 6.53. The van der Waals surface area contributed by atoms with Crippen molar-refractivity contribution in [3.8, 4) is 0 Å². The Morgan fingerprint density at radius 1 is 0.952 bits per heavy atom. The second kappa shape index (κ2) is 4.78. The van der Waals surface area contributed by atoms with Gasteiger partial charge in [-0.25, -0.2) is 0 Å². The average Bonchev–Trinajstić information content (AvgIpc) is 2.88. The predicted molar refractivity (Wildman–Crippen MR) is 63.2 cm³/mol. The highest BCUT2D eigenvalue weighted by Gasteiger charge is 2.64. The molecule has 2 rings (SSSR count). The summed E-state index contributed by atoms with van der Waals surface area (Å²) in [6.45, 7) is 0. The minimum Gasteiger partial charge on any atom is -0.303 e. The normalized spacial score (nSPS) is 24.8. The maximum Gasteiger partial charge on any atom is 0.416 e. The van der Waals surface area contributed by atoms with Gasteiger partial charge in [0.25, 0.3) is 0 Å². The Hall–Kier alpha value is -0.950. The van der Waals surface area contributed by atoms with Crippen molar-refractivity contribution in [2.75, 3.05) is 0 Å². The van der Waals surface area contributed by atoms with Crippen LogP contribution in [0.25, 0.3) is 0 Å². The van der Waals surface area contributed by atoms with Crippen LogP contribution in [-0.4, -0.2) is 10.6 Å². The van der Waals surface area contributed by atoms with Gasteiger partial charge >= 0.3 is 12.4 Å². The lowest BCUT2D eigenvalue weighted by Gasteiger charge is -2.14. The zero-order valence-corrected chi connectivity index (χ0v) is 11.4. The Morgan fingerprint density at radius 3 is 1.67 bits per heavy atom. The molecule has 1 aromatic carbocycles. The van der Waals surface area contributed by atoms with Gasteiger partial charge in [0.05, 0.1) is 17.0 Å². The molecule has 0 aliphatic heterocycles. The second-order valence-corrected chi connectivity index (χ2v) is 6.10. The fourth-order valence-electron chi connectivity index (χ4n) is 2.11. The summed E-state index contributed by atoms with van der Waals surface area (Å²) in [6, 6.07) is 1.07. The summed E-state index contributed by atoms with van der Waals surface area (Å²) in [7, 11) is 0. The molecule has 21 heavy (non-hydrogen) atoms. The van der Waals surface area contributed by atoms with Crippen molar-refractivity contribution >= 4 is 29.5 Å². The van der Waals surface area contributed by atoms with Crippen molar-refractivity contribution < 1.29 is 31.1 Å². The molecule has 1 aliphatic carbocycles. The second-order valence-electron chi connectivity index (χ2n) is 4.65. The first-order valence-corrected chi connectivity index (χ1v) is 6.27. The zero-order valence-electron chi connectivity index (χ0n) is 9.90. The number of benzene rings is 1. The van der Waals surface area contributed by atoms with Gasteiger partial charge < -0.3 is 4.79 Å². The van der Waals surface area contributed by atoms with E-state index in [2.05, 4.69) is 0 Å². The molecule has 0 amide bonds. The molecule has 0 spiro atoms. The summed E-state index contributed by atoms with van der Waals surface area (Å²) >= 11 is 11.4. The highest BCUT2D eigenvalue weighted by atomic mass is 35.5. The molecule has 1 aromatic rings. The van der Waals surface area contributed by atoms with Crippen LogP contribution < -0.4 is 0 Å². The Bertz CT molecular complexity index is 546. The van der Waals surface area contributed by atoms with Gasteiger partial charge in [-0.05, 0) is 23.8 Å². The molecule has 0 N–H and O–H groups in total. The largest absolute Gasteiger partial charge is 0.416 e. The van der Waals surface area contributed by atoms with E-state index in [1.54, 1.807) is 0 Å². The lowest BCUT2D eigenvalue weighted by atomic mass is 10.0. The van der Waals surface area contributed by atoms with Crippen LogP contribution in [0, 0.1) is 5.92 Å². The van der Waals surface area contributed by atoms with E-state index < -0.39 is 39.6 Å². The first-order valence-electron chi connectivity index (χ1n) is 5.51. The van der Waals surface area contributed by atoms with Crippen LogP contribution >= 0.6 is 23.2 Å². The SMILES string of the molecule is O=C[C@@H]1[C@@H](c2cc(C(F)(F)F)cc(C(F)(F)F)c2)C1(Cl)Cl. The Labute approximate surface area is 124 Å². The van der Waals surface area contributed by atoms with Crippen LogP contribution in [0.3, 0.4) is 0 Å². The van der Waals surface area contributed by atoms with E-state index in [0.29, 0.717) is 18.4 Å². The van der Waals surface area contributed by atoms with E-state index in [4.69, 9.17) is 23.2 Å². The molecule has 9 heteroatoms. The molecule has 2 atom stereocenters. The van der Waals surface area contributed by atoms with Crippen molar-refractivity contribution in [3.05, 3.63) is 34.9 Å². The van der Waals surface area contributed by atoms with Crippen LogP contribution in [0.1, 0.15) is 22.6 Å². The molecular formula is C12H6Cl2F6O. The van der Waals surface area contributed by atoms with E-state index in [1.807, 2.05) is 0 Å². The summed E-state index contributed by atoms with van der Waals surface area (Å²) in [5.41, 5.74) is -3.29. The van der Waals surface area contributed by atoms with Crippen LogP contribution in [-0.2, 0) is 17.1 Å². The lowest BCUT2D eigenvalue weighted by molar-refractivity contribution is -0.143. The van der Waals surface area contributed by atoms with Gasteiger partial charge in [0.15, 0.2) is 0 Å². The molecule has 1 fully saturated rings. The van der Waals surface area contributed by atoms with E-state index in [1.165, 1.54) is 0 Å². The lowest BCUT2D eigenvalue weighted by Crippen LogP contribution is -2.12. The van der Waals surface area contributed by atoms with Gasteiger partial charge in [-0.3, -0.25) is 0 Å². The maximum absolute atomic E-state index is 12.7. The number of hydrogen-bond donors (Lipinski definition) is 0. The molecule has 0 heterocycles. The summed E-state index contributed by atoms with van der Waals surface area (Å²) in [4.78, 5) is 10.7. The van der Waals surface area contributed by atoms with Crippen molar-refractivity contribution in [3.63, 3.8) is 0 Å². The molecule has 0 aromatic heterocycles. The summed E-state index contributed by atoms with van der Waals surface area (Å²) in [5, 5.41) is 0. The van der Waals surface area contributed by atoms with E-state index in [9.17, 15) is 31.1 Å². The standard InChI is InChI=1S/C12H6Cl2F6O/c13-10(14)8(4-21)9(10)5-1-6(11(15,16)17)3-7(2-5)12(18,19)20/h1-4,8-9H/t8-,9-/m1/s1. The van der Waals surface area contributed by atoms with Gasteiger partial charge in [0.2, 0.25) is 0 Å². The van der Waals surface area contributed by atoms with E-state index >= 15 is 0 Å². The topological polar surface area (TPSA) is 17.1 Å². The number of rotatable bonds is 2. The maximum atomic E-state index is 12.7. The van der Waals surface area contributed by atoms with Crippen molar-refractivity contribution in [2.24, 2.45) is 5.92 Å². The number of carbonyl (C=O) groups excluding carboxylic acids is 1. The first-order chi connectivity index (χ1) is 9.39. The number of halogens is 8. The van der Waals surface area contributed by atoms with Crippen LogP contribution in [0.4, 0.5) is 26.3 Å². The molecule has 1 saturated carbocycles. The third kappa shape index (κ3) is 2.99. The van der Waals surface area contributed by atoms with Crippen LogP contribution in [0.2, 0.25) is 0 Å². The monoisotopic (exact) mass is 350 g/mol. The zero-order chi connectivity index (χ0) is 16.2. The Morgan fingerprint density at radius 2 is 1.38 bits per heavy atom. The molecule has 116 valence electrons. The van der Waals surface area contributed by atoms with Crippen molar-refractivity contribution in [1.82, 2.24) is 0 Å².